The van der Waals surface area contributed by atoms with Crippen molar-refractivity contribution in [3.63, 3.8) is 0 Å². The molecule has 0 spiro atoms. The molecule has 6 heteroatoms. The molecule has 0 aliphatic rings. The molecule has 0 amide bonds. The van der Waals surface area contributed by atoms with Crippen molar-refractivity contribution in [1.29, 1.82) is 0 Å². The van der Waals surface area contributed by atoms with Gasteiger partial charge in [0.05, 0.1) is 11.5 Å². The lowest BCUT2D eigenvalue weighted by atomic mass is 9.98. The van der Waals surface area contributed by atoms with Crippen molar-refractivity contribution in [2.45, 2.75) is 32.4 Å². The number of aryl methyl sites for hydroxylation is 1. The monoisotopic (exact) mass is 307 g/mol. The topological polar surface area (TPSA) is 56.2 Å². The van der Waals surface area contributed by atoms with Gasteiger partial charge in [-0.1, -0.05) is 6.07 Å². The molecule has 0 aromatic carbocycles. The largest absolute Gasteiger partial charge is 0.465 e. The van der Waals surface area contributed by atoms with Gasteiger partial charge >= 0.3 is 5.97 Å². The van der Waals surface area contributed by atoms with Crippen molar-refractivity contribution in [1.82, 2.24) is 14.9 Å². The van der Waals surface area contributed by atoms with E-state index in [9.17, 15) is 4.79 Å². The van der Waals surface area contributed by atoms with Gasteiger partial charge in [0.1, 0.15) is 11.4 Å². The third-order valence-corrected chi connectivity index (χ3v) is 4.45. The van der Waals surface area contributed by atoms with Gasteiger partial charge in [-0.25, -0.2) is 4.98 Å². The highest BCUT2D eigenvalue weighted by Gasteiger charge is 2.32. The van der Waals surface area contributed by atoms with E-state index in [1.54, 1.807) is 24.6 Å². The number of esters is 1. The molecule has 1 N–H and O–H groups in total. The first kappa shape index (κ1) is 15.7. The van der Waals surface area contributed by atoms with Crippen LogP contribution in [0.25, 0.3) is 10.7 Å². The predicted octanol–water partition coefficient (Wildman–Crippen LogP) is 2.54. The molecule has 2 rings (SSSR count). The van der Waals surface area contributed by atoms with Gasteiger partial charge in [0, 0.05) is 18.9 Å². The van der Waals surface area contributed by atoms with Crippen molar-refractivity contribution >= 4 is 17.3 Å². The number of carbonyl (C=O) groups is 1. The molecule has 1 atom stereocenters. The van der Waals surface area contributed by atoms with E-state index in [0.717, 1.165) is 10.7 Å². The Labute approximate surface area is 129 Å². The molecule has 0 aliphatic carbocycles. The van der Waals surface area contributed by atoms with Crippen LogP contribution < -0.4 is 5.32 Å². The Morgan fingerprint density at radius 2 is 2.38 bits per heavy atom. The fourth-order valence-electron chi connectivity index (χ4n) is 2.08. The highest BCUT2D eigenvalue weighted by Crippen LogP contribution is 2.24. The van der Waals surface area contributed by atoms with Gasteiger partial charge in [-0.15, -0.1) is 11.3 Å². The number of carbonyl (C=O) groups excluding carboxylic acids is 1. The van der Waals surface area contributed by atoms with E-state index in [-0.39, 0.29) is 5.97 Å². The number of hydrogen-bond donors (Lipinski definition) is 1. The summed E-state index contributed by atoms with van der Waals surface area (Å²) < 4.78 is 7.22. The average molecular weight is 307 g/mol. The number of nitrogens with one attached hydrogen (secondary N) is 1. The fourth-order valence-corrected chi connectivity index (χ4v) is 2.82. The SMILES string of the molecule is CCOC(=O)C(C)(CCn1ccnc1-c1cccs1)NC. The number of hydrogen-bond acceptors (Lipinski definition) is 5. The molecule has 0 saturated carbocycles. The zero-order valence-electron chi connectivity index (χ0n) is 12.6. The number of aromatic nitrogens is 2. The lowest BCUT2D eigenvalue weighted by Gasteiger charge is -2.27. The first-order valence-corrected chi connectivity index (χ1v) is 7.90. The maximum atomic E-state index is 12.1. The second kappa shape index (κ2) is 6.87. The van der Waals surface area contributed by atoms with Gasteiger partial charge in [-0.05, 0) is 38.8 Å². The number of rotatable bonds is 7. The van der Waals surface area contributed by atoms with E-state index in [2.05, 4.69) is 14.9 Å². The van der Waals surface area contributed by atoms with Gasteiger partial charge in [-0.3, -0.25) is 4.79 Å². The second-order valence-corrected chi connectivity index (χ2v) is 5.92. The third kappa shape index (κ3) is 3.51. The van der Waals surface area contributed by atoms with Gasteiger partial charge in [0.25, 0.3) is 0 Å². The molecule has 114 valence electrons. The number of imidazole rings is 1. The standard InChI is InChI=1S/C15H21N3O2S/c1-4-20-14(19)15(2,16-3)7-9-18-10-8-17-13(18)12-6-5-11-21-12/h5-6,8,10-11,16H,4,7,9H2,1-3H3. The van der Waals surface area contributed by atoms with E-state index in [4.69, 9.17) is 4.74 Å². The van der Waals surface area contributed by atoms with Crippen LogP contribution in [0, 0.1) is 0 Å². The summed E-state index contributed by atoms with van der Waals surface area (Å²) in [5.74, 6) is 0.720. The Balaban J connectivity index is 2.09. The number of thiophene rings is 1. The first-order chi connectivity index (χ1) is 10.1. The number of likely N-dealkylation sites (N-methyl/N-ethyl adjacent to an activating group) is 1. The molecule has 1 unspecified atom stereocenters. The van der Waals surface area contributed by atoms with Crippen molar-refractivity contribution in [3.8, 4) is 10.7 Å². The van der Waals surface area contributed by atoms with Gasteiger partial charge in [-0.2, -0.15) is 0 Å². The van der Waals surface area contributed by atoms with Crippen LogP contribution in [0.15, 0.2) is 29.9 Å². The Morgan fingerprint density at radius 3 is 3.00 bits per heavy atom. The summed E-state index contributed by atoms with van der Waals surface area (Å²) in [4.78, 5) is 17.6. The molecule has 2 aromatic heterocycles. The zero-order valence-corrected chi connectivity index (χ0v) is 13.4. The lowest BCUT2D eigenvalue weighted by Crippen LogP contribution is -2.49. The molecule has 0 bridgehead atoms. The van der Waals surface area contributed by atoms with E-state index < -0.39 is 5.54 Å². The average Bonchev–Trinajstić information content (AvgIpc) is 3.15. The maximum absolute atomic E-state index is 12.1. The van der Waals surface area contributed by atoms with Gasteiger partial charge < -0.3 is 14.6 Å². The normalized spacial score (nSPS) is 13.9. The highest BCUT2D eigenvalue weighted by molar-refractivity contribution is 7.13. The molecule has 0 fully saturated rings. The minimum Gasteiger partial charge on any atom is -0.465 e. The van der Waals surface area contributed by atoms with Crippen LogP contribution in [0.1, 0.15) is 20.3 Å². The minimum atomic E-state index is -0.688. The number of nitrogens with zero attached hydrogens (tertiary/aromatic N) is 2. The minimum absolute atomic E-state index is 0.217. The summed E-state index contributed by atoms with van der Waals surface area (Å²) in [6.45, 7) is 4.77. The second-order valence-electron chi connectivity index (χ2n) is 4.97. The summed E-state index contributed by atoms with van der Waals surface area (Å²) in [5.41, 5.74) is -0.688. The summed E-state index contributed by atoms with van der Waals surface area (Å²) in [5, 5.41) is 5.11. The molecule has 0 radical (unpaired) electrons. The van der Waals surface area contributed by atoms with Crippen LogP contribution in [0.4, 0.5) is 0 Å². The van der Waals surface area contributed by atoms with Crippen LogP contribution in [0.2, 0.25) is 0 Å². The molecule has 0 aliphatic heterocycles. The zero-order chi connectivity index (χ0) is 15.3. The van der Waals surface area contributed by atoms with Crippen molar-refractivity contribution in [3.05, 3.63) is 29.9 Å². The van der Waals surface area contributed by atoms with Gasteiger partial charge in [0.2, 0.25) is 0 Å². The van der Waals surface area contributed by atoms with Crippen LogP contribution in [0.5, 0.6) is 0 Å². The predicted molar refractivity (Wildman–Crippen MR) is 84.3 cm³/mol. The summed E-state index contributed by atoms with van der Waals surface area (Å²) in [6.07, 6.45) is 4.36. The molecule has 5 nitrogen and oxygen atoms in total. The molecule has 2 heterocycles. The molecular weight excluding hydrogens is 286 g/mol. The van der Waals surface area contributed by atoms with Crippen LogP contribution >= 0.6 is 11.3 Å². The van der Waals surface area contributed by atoms with E-state index >= 15 is 0 Å². The Hall–Kier alpha value is -1.66. The Bertz CT molecular complexity index is 580. The first-order valence-electron chi connectivity index (χ1n) is 7.02. The van der Waals surface area contributed by atoms with Crippen molar-refractivity contribution in [2.24, 2.45) is 0 Å². The Morgan fingerprint density at radius 1 is 1.57 bits per heavy atom. The van der Waals surface area contributed by atoms with Crippen molar-refractivity contribution in [2.75, 3.05) is 13.7 Å². The summed E-state index contributed by atoms with van der Waals surface area (Å²) in [6, 6.07) is 4.06. The van der Waals surface area contributed by atoms with Crippen LogP contribution in [0.3, 0.4) is 0 Å². The Kier molecular flexibility index (Phi) is 5.14. The fraction of sp³-hybridized carbons (Fsp3) is 0.467. The quantitative estimate of drug-likeness (QED) is 0.799. The number of ether oxygens (including phenoxy) is 1. The van der Waals surface area contributed by atoms with E-state index in [1.807, 2.05) is 37.6 Å². The van der Waals surface area contributed by atoms with Crippen molar-refractivity contribution < 1.29 is 9.53 Å². The molecule has 21 heavy (non-hydrogen) atoms. The molecule has 2 aromatic rings. The smallest absolute Gasteiger partial charge is 0.326 e. The van der Waals surface area contributed by atoms with Crippen LogP contribution in [-0.4, -0.2) is 34.7 Å². The van der Waals surface area contributed by atoms with E-state index in [1.165, 1.54) is 0 Å². The maximum Gasteiger partial charge on any atom is 0.326 e. The molecular formula is C15H21N3O2S. The van der Waals surface area contributed by atoms with Gasteiger partial charge in [0.15, 0.2) is 0 Å². The third-order valence-electron chi connectivity index (χ3n) is 3.59. The highest BCUT2D eigenvalue weighted by atomic mass is 32.1. The van der Waals surface area contributed by atoms with E-state index in [0.29, 0.717) is 19.6 Å². The summed E-state index contributed by atoms with van der Waals surface area (Å²) >= 11 is 1.66. The molecule has 0 saturated heterocycles. The summed E-state index contributed by atoms with van der Waals surface area (Å²) in [7, 11) is 1.78. The lowest BCUT2D eigenvalue weighted by molar-refractivity contribution is -0.150. The van der Waals surface area contributed by atoms with Crippen LogP contribution in [-0.2, 0) is 16.1 Å².